The van der Waals surface area contributed by atoms with Crippen molar-refractivity contribution in [2.45, 2.75) is 43.5 Å². The highest BCUT2D eigenvalue weighted by molar-refractivity contribution is 7.90. The van der Waals surface area contributed by atoms with Gasteiger partial charge >= 0.3 is 0 Å². The number of nitrogens with zero attached hydrogens (tertiary/aromatic N) is 4. The van der Waals surface area contributed by atoms with E-state index in [1.165, 1.54) is 6.26 Å². The molecule has 5 rings (SSSR count). The second-order valence-corrected chi connectivity index (χ2v) is 11.7. The van der Waals surface area contributed by atoms with Gasteiger partial charge in [-0.2, -0.15) is 5.26 Å². The molecule has 0 spiro atoms. The van der Waals surface area contributed by atoms with Crippen LogP contribution >= 0.6 is 0 Å². The number of fused-ring (bicyclic) bond motifs is 3. The Morgan fingerprint density at radius 2 is 1.84 bits per heavy atom. The van der Waals surface area contributed by atoms with Crippen molar-refractivity contribution in [1.29, 1.82) is 5.26 Å². The molecule has 10 heteroatoms. The smallest absolute Gasteiger partial charge is 0.251 e. The van der Waals surface area contributed by atoms with Crippen molar-refractivity contribution in [1.82, 2.24) is 9.38 Å². The van der Waals surface area contributed by atoms with Crippen molar-refractivity contribution in [3.8, 4) is 6.07 Å². The van der Waals surface area contributed by atoms with Gasteiger partial charge in [-0.15, -0.1) is 0 Å². The summed E-state index contributed by atoms with van der Waals surface area (Å²) >= 11 is 0. The third kappa shape index (κ3) is 4.71. The van der Waals surface area contributed by atoms with Crippen LogP contribution in [0.5, 0.6) is 0 Å². The highest BCUT2D eigenvalue weighted by atomic mass is 32.2. The van der Waals surface area contributed by atoms with Gasteiger partial charge in [0, 0.05) is 49.8 Å². The number of imidazole rings is 1. The van der Waals surface area contributed by atoms with Crippen LogP contribution in [-0.2, 0) is 9.84 Å². The first-order valence-corrected chi connectivity index (χ1v) is 13.9. The first kappa shape index (κ1) is 25.0. The average molecular weight is 524 g/mol. The van der Waals surface area contributed by atoms with Gasteiger partial charge < -0.3 is 10.2 Å². The first-order valence-electron chi connectivity index (χ1n) is 12.0. The lowest BCUT2D eigenvalue weighted by atomic mass is 9.97. The minimum Gasteiger partial charge on any atom is -0.377 e. The lowest BCUT2D eigenvalue weighted by molar-refractivity contribution is -0.0221. The number of aromatic nitrogens is 2. The highest BCUT2D eigenvalue weighted by Gasteiger charge is 2.35. The molecule has 1 aliphatic rings. The van der Waals surface area contributed by atoms with E-state index in [9.17, 15) is 22.5 Å². The number of nitriles is 1. The molecule has 1 aliphatic heterocycles. The van der Waals surface area contributed by atoms with Crippen LogP contribution in [0, 0.1) is 18.3 Å². The van der Waals surface area contributed by atoms with Gasteiger partial charge in [0.05, 0.1) is 10.6 Å². The van der Waals surface area contributed by atoms with E-state index in [0.717, 1.165) is 21.9 Å². The fourth-order valence-electron chi connectivity index (χ4n) is 5.05. The molecule has 1 N–H and O–H groups in total. The number of benzene rings is 2. The molecule has 192 valence electrons. The minimum absolute atomic E-state index is 0.185. The topological polar surface area (TPSA) is 90.5 Å². The summed E-state index contributed by atoms with van der Waals surface area (Å²) in [6, 6.07) is 14.5. The average Bonchev–Trinajstić information content (AvgIpc) is 3.28. The lowest BCUT2D eigenvalue weighted by Gasteiger charge is -2.34. The van der Waals surface area contributed by atoms with Crippen LogP contribution in [0.1, 0.15) is 42.6 Å². The number of alkyl halides is 2. The number of halogens is 2. The Bertz CT molecular complexity index is 1660. The van der Waals surface area contributed by atoms with Gasteiger partial charge in [-0.1, -0.05) is 23.8 Å². The minimum atomic E-state index is -3.45. The van der Waals surface area contributed by atoms with Crippen molar-refractivity contribution in [2.24, 2.45) is 0 Å². The molecule has 4 aromatic rings. The highest BCUT2D eigenvalue weighted by Crippen LogP contribution is 2.37. The molecule has 7 nitrogen and oxygen atoms in total. The number of anilines is 2. The van der Waals surface area contributed by atoms with Gasteiger partial charge in [-0.05, 0) is 49.1 Å². The van der Waals surface area contributed by atoms with Gasteiger partial charge in [0.1, 0.15) is 17.5 Å². The van der Waals surface area contributed by atoms with Crippen LogP contribution in [0.15, 0.2) is 53.6 Å². The molecule has 37 heavy (non-hydrogen) atoms. The monoisotopic (exact) mass is 523 g/mol. The predicted molar refractivity (Wildman–Crippen MR) is 140 cm³/mol. The number of rotatable bonds is 5. The van der Waals surface area contributed by atoms with Gasteiger partial charge in [-0.3, -0.25) is 4.40 Å². The first-order chi connectivity index (χ1) is 17.5. The Labute approximate surface area is 214 Å². The maximum absolute atomic E-state index is 13.9. The van der Waals surface area contributed by atoms with Gasteiger partial charge in [0.15, 0.2) is 15.5 Å². The largest absolute Gasteiger partial charge is 0.377 e. The molecule has 2 aromatic heterocycles. The number of hydrogen-bond acceptors (Lipinski definition) is 6. The van der Waals surface area contributed by atoms with E-state index in [1.807, 2.05) is 41.3 Å². The predicted octanol–water partition coefficient (Wildman–Crippen LogP) is 5.48. The Morgan fingerprint density at radius 1 is 1.14 bits per heavy atom. The number of hydrogen-bond donors (Lipinski definition) is 1. The van der Waals surface area contributed by atoms with Crippen molar-refractivity contribution < 1.29 is 17.2 Å². The molecule has 1 saturated heterocycles. The maximum atomic E-state index is 13.9. The van der Waals surface area contributed by atoms with E-state index in [-0.39, 0.29) is 42.6 Å². The normalized spacial score (nSPS) is 16.6. The SMILES string of the molecule is Cc1cc([C@@H](C)Nc2ccccc2S(C)(=O)=O)c2cc(N3CCC(F)(F)CC3)n3cc(C#N)nc3c2c1. The molecule has 0 radical (unpaired) electrons. The summed E-state index contributed by atoms with van der Waals surface area (Å²) in [6.07, 6.45) is 2.33. The zero-order valence-electron chi connectivity index (χ0n) is 20.8. The summed E-state index contributed by atoms with van der Waals surface area (Å²) in [5.74, 6) is -1.99. The van der Waals surface area contributed by atoms with E-state index in [0.29, 0.717) is 17.2 Å². The standard InChI is InChI=1S/C27H27F2N5O2S/c1-17-12-20(18(2)31-23-6-4-5-7-24(23)37(3,35)36)21-14-25(33-10-8-27(28,29)9-11-33)34-16-19(15-30)32-26(34)22(21)13-17/h4-7,12-14,16,18,31H,8-11H2,1-3H3/t18-/m1/s1. The summed E-state index contributed by atoms with van der Waals surface area (Å²) in [6.45, 7) is 4.28. The van der Waals surface area contributed by atoms with Crippen molar-refractivity contribution >= 4 is 37.8 Å². The van der Waals surface area contributed by atoms with Crippen molar-refractivity contribution in [3.05, 3.63) is 65.5 Å². The number of aryl methyl sites for hydroxylation is 1. The third-order valence-electron chi connectivity index (χ3n) is 6.88. The number of para-hydroxylation sites is 1. The van der Waals surface area contributed by atoms with E-state index in [1.54, 1.807) is 30.5 Å². The molecule has 1 fully saturated rings. The molecule has 1 atom stereocenters. The summed E-state index contributed by atoms with van der Waals surface area (Å²) in [7, 11) is -3.45. The van der Waals surface area contributed by atoms with Gasteiger partial charge in [-0.25, -0.2) is 22.2 Å². The van der Waals surface area contributed by atoms with Crippen LogP contribution in [0.3, 0.4) is 0 Å². The molecule has 0 amide bonds. The Balaban J connectivity index is 1.68. The third-order valence-corrected chi connectivity index (χ3v) is 8.04. The zero-order valence-corrected chi connectivity index (χ0v) is 21.6. The van der Waals surface area contributed by atoms with E-state index in [2.05, 4.69) is 16.4 Å². The van der Waals surface area contributed by atoms with Crippen LogP contribution in [0.25, 0.3) is 16.4 Å². The van der Waals surface area contributed by atoms with Gasteiger partial charge in [0.25, 0.3) is 5.92 Å². The molecule has 0 saturated carbocycles. The summed E-state index contributed by atoms with van der Waals surface area (Å²) in [5, 5.41) is 14.6. The summed E-state index contributed by atoms with van der Waals surface area (Å²) in [4.78, 5) is 6.66. The molecule has 2 aromatic carbocycles. The van der Waals surface area contributed by atoms with Crippen molar-refractivity contribution in [2.75, 3.05) is 29.6 Å². The molecule has 3 heterocycles. The van der Waals surface area contributed by atoms with Gasteiger partial charge in [0.2, 0.25) is 0 Å². The van der Waals surface area contributed by atoms with E-state index < -0.39 is 15.8 Å². The zero-order chi connectivity index (χ0) is 26.5. The Hall–Kier alpha value is -3.71. The fourth-order valence-corrected chi connectivity index (χ4v) is 5.91. The molecular formula is C27H27F2N5O2S. The van der Waals surface area contributed by atoms with Crippen molar-refractivity contribution in [3.63, 3.8) is 0 Å². The number of piperidine rings is 1. The molecule has 0 unspecified atom stereocenters. The van der Waals surface area contributed by atoms with E-state index in [4.69, 9.17) is 0 Å². The quantitative estimate of drug-likeness (QED) is 0.373. The summed E-state index contributed by atoms with van der Waals surface area (Å²) < 4.78 is 54.3. The van der Waals surface area contributed by atoms with Crippen LogP contribution < -0.4 is 10.2 Å². The van der Waals surface area contributed by atoms with Crippen LogP contribution in [-0.4, -0.2) is 43.1 Å². The Kier molecular flexibility index (Phi) is 6.07. The number of pyridine rings is 1. The summed E-state index contributed by atoms with van der Waals surface area (Å²) in [5.41, 5.74) is 3.20. The van der Waals surface area contributed by atoms with E-state index >= 15 is 0 Å². The second-order valence-electron chi connectivity index (χ2n) is 9.73. The molecule has 0 aliphatic carbocycles. The Morgan fingerprint density at radius 3 is 2.51 bits per heavy atom. The van der Waals surface area contributed by atoms with Crippen LogP contribution in [0.2, 0.25) is 0 Å². The molecular weight excluding hydrogens is 496 g/mol. The lowest BCUT2D eigenvalue weighted by Crippen LogP contribution is -2.40. The number of sulfone groups is 1. The molecule has 0 bridgehead atoms. The number of nitrogens with one attached hydrogen (secondary N) is 1. The maximum Gasteiger partial charge on any atom is 0.251 e. The fraction of sp³-hybridized carbons (Fsp3) is 0.333. The van der Waals surface area contributed by atoms with Crippen LogP contribution in [0.4, 0.5) is 20.3 Å². The second kappa shape index (κ2) is 8.99.